The van der Waals surface area contributed by atoms with E-state index in [1.54, 1.807) is 0 Å². The molecule has 0 aliphatic carbocycles. The van der Waals surface area contributed by atoms with Crippen LogP contribution in [0.4, 0.5) is 0 Å². The molecule has 1 unspecified atom stereocenters. The van der Waals surface area contributed by atoms with Crippen LogP contribution >= 0.6 is 0 Å². The smallest absolute Gasteiger partial charge is 0.240 e. The molecule has 0 aromatic heterocycles. The summed E-state index contributed by atoms with van der Waals surface area (Å²) in [5.74, 6) is -0.0893. The van der Waals surface area contributed by atoms with Crippen molar-refractivity contribution in [3.63, 3.8) is 0 Å². The molecular formula is C12H17NO5S. The minimum Gasteiger partial charge on any atom is -0.508 e. The van der Waals surface area contributed by atoms with Gasteiger partial charge in [-0.05, 0) is 18.2 Å². The third-order valence-electron chi connectivity index (χ3n) is 3.21. The molecular weight excluding hydrogens is 270 g/mol. The Labute approximate surface area is 112 Å². The molecule has 2 rings (SSSR count). The van der Waals surface area contributed by atoms with E-state index in [0.29, 0.717) is 19.6 Å². The molecule has 1 atom stereocenters. The van der Waals surface area contributed by atoms with Crippen LogP contribution in [-0.4, -0.2) is 46.0 Å². The number of methoxy groups -OCH3 is 1. The van der Waals surface area contributed by atoms with Gasteiger partial charge in [0.2, 0.25) is 10.0 Å². The van der Waals surface area contributed by atoms with Gasteiger partial charge in [0.25, 0.3) is 0 Å². The maximum Gasteiger partial charge on any atom is 0.240 e. The number of phenols is 1. The Morgan fingerprint density at radius 3 is 2.89 bits per heavy atom. The lowest BCUT2D eigenvalue weighted by Crippen LogP contribution is -2.44. The molecule has 7 heteroatoms. The molecule has 1 aliphatic rings. The molecule has 1 saturated heterocycles. The first-order valence-corrected chi connectivity index (χ1v) is 7.37. The van der Waals surface area contributed by atoms with Gasteiger partial charge in [-0.2, -0.15) is 0 Å². The van der Waals surface area contributed by atoms with E-state index in [1.165, 1.54) is 31.4 Å². The zero-order chi connectivity index (χ0) is 13.9. The second-order valence-electron chi connectivity index (χ2n) is 4.51. The molecule has 1 aromatic rings. The Morgan fingerprint density at radius 2 is 2.32 bits per heavy atom. The van der Waals surface area contributed by atoms with Crippen LogP contribution in [0.25, 0.3) is 0 Å². The molecule has 6 nitrogen and oxygen atoms in total. The van der Waals surface area contributed by atoms with E-state index in [0.717, 1.165) is 0 Å². The molecule has 1 heterocycles. The highest BCUT2D eigenvalue weighted by Crippen LogP contribution is 2.23. The highest BCUT2D eigenvalue weighted by atomic mass is 32.2. The highest BCUT2D eigenvalue weighted by molar-refractivity contribution is 7.89. The predicted molar refractivity (Wildman–Crippen MR) is 68.5 cm³/mol. The van der Waals surface area contributed by atoms with Gasteiger partial charge in [0, 0.05) is 26.7 Å². The van der Waals surface area contributed by atoms with Crippen LogP contribution in [0.1, 0.15) is 6.42 Å². The van der Waals surface area contributed by atoms with E-state index in [2.05, 4.69) is 4.72 Å². The molecule has 1 fully saturated rings. The molecule has 0 spiro atoms. The normalized spacial score (nSPS) is 23.6. The summed E-state index contributed by atoms with van der Waals surface area (Å²) >= 11 is 0. The van der Waals surface area contributed by atoms with Crippen LogP contribution in [0.3, 0.4) is 0 Å². The van der Waals surface area contributed by atoms with E-state index in [4.69, 9.17) is 9.47 Å². The number of hydrogen-bond donors (Lipinski definition) is 2. The number of hydrogen-bond acceptors (Lipinski definition) is 5. The fourth-order valence-electron chi connectivity index (χ4n) is 1.92. The van der Waals surface area contributed by atoms with Crippen molar-refractivity contribution >= 4 is 10.0 Å². The fourth-order valence-corrected chi connectivity index (χ4v) is 3.07. The van der Waals surface area contributed by atoms with Crippen molar-refractivity contribution in [2.45, 2.75) is 16.9 Å². The van der Waals surface area contributed by atoms with Gasteiger partial charge >= 0.3 is 0 Å². The Kier molecular flexibility index (Phi) is 4.10. The quantitative estimate of drug-likeness (QED) is 0.822. The number of sulfonamides is 1. The monoisotopic (exact) mass is 287 g/mol. The number of benzene rings is 1. The van der Waals surface area contributed by atoms with Gasteiger partial charge in [-0.3, -0.25) is 0 Å². The van der Waals surface area contributed by atoms with Gasteiger partial charge in [-0.25, -0.2) is 13.1 Å². The minimum atomic E-state index is -3.66. The number of aromatic hydroxyl groups is 1. The van der Waals surface area contributed by atoms with Crippen LogP contribution in [0.15, 0.2) is 29.2 Å². The molecule has 0 saturated carbocycles. The summed E-state index contributed by atoms with van der Waals surface area (Å²) in [5, 5.41) is 9.32. The van der Waals surface area contributed by atoms with Crippen molar-refractivity contribution in [1.82, 2.24) is 4.72 Å². The van der Waals surface area contributed by atoms with Gasteiger partial charge in [-0.1, -0.05) is 6.07 Å². The number of phenolic OH excluding ortho intramolecular Hbond substituents is 1. The second kappa shape index (κ2) is 5.46. The Balaban J connectivity index is 2.09. The van der Waals surface area contributed by atoms with Gasteiger partial charge in [0.1, 0.15) is 11.4 Å². The van der Waals surface area contributed by atoms with Crippen molar-refractivity contribution in [3.8, 4) is 5.75 Å². The van der Waals surface area contributed by atoms with Gasteiger partial charge in [0.05, 0.1) is 11.5 Å². The predicted octanol–water partition coefficient (Wildman–Crippen LogP) is 0.476. The molecule has 106 valence electrons. The van der Waals surface area contributed by atoms with E-state index >= 15 is 0 Å². The Bertz CT molecular complexity index is 537. The summed E-state index contributed by atoms with van der Waals surface area (Å²) in [6, 6.07) is 5.52. The van der Waals surface area contributed by atoms with Crippen molar-refractivity contribution in [2.75, 3.05) is 26.9 Å². The molecule has 0 bridgehead atoms. The fraction of sp³-hybridized carbons (Fsp3) is 0.500. The molecule has 0 amide bonds. The van der Waals surface area contributed by atoms with E-state index < -0.39 is 15.6 Å². The molecule has 19 heavy (non-hydrogen) atoms. The summed E-state index contributed by atoms with van der Waals surface area (Å²) < 4.78 is 37.2. The molecule has 1 aromatic carbocycles. The summed E-state index contributed by atoms with van der Waals surface area (Å²) in [5.41, 5.74) is -0.607. The van der Waals surface area contributed by atoms with Crippen molar-refractivity contribution in [2.24, 2.45) is 0 Å². The van der Waals surface area contributed by atoms with Crippen LogP contribution in [0, 0.1) is 0 Å². The van der Waals surface area contributed by atoms with Gasteiger partial charge in [-0.15, -0.1) is 0 Å². The zero-order valence-corrected chi connectivity index (χ0v) is 11.4. The lowest BCUT2D eigenvalue weighted by Gasteiger charge is -2.25. The maximum absolute atomic E-state index is 12.1. The first-order chi connectivity index (χ1) is 8.97. The summed E-state index contributed by atoms with van der Waals surface area (Å²) in [7, 11) is -2.13. The van der Waals surface area contributed by atoms with E-state index in [9.17, 15) is 13.5 Å². The van der Waals surface area contributed by atoms with Crippen molar-refractivity contribution < 1.29 is 23.0 Å². The number of ether oxygens (including phenoxy) is 2. The molecule has 1 aliphatic heterocycles. The third-order valence-corrected chi connectivity index (χ3v) is 4.61. The first-order valence-electron chi connectivity index (χ1n) is 5.89. The average molecular weight is 287 g/mol. The zero-order valence-electron chi connectivity index (χ0n) is 10.6. The number of nitrogens with one attached hydrogen (secondary N) is 1. The maximum atomic E-state index is 12.1. The summed E-state index contributed by atoms with van der Waals surface area (Å²) in [6.07, 6.45) is 0.645. The second-order valence-corrected chi connectivity index (χ2v) is 6.28. The standard InChI is InChI=1S/C12H17NO5S/c1-17-12(5-6-18-9-12)8-13-19(15,16)11-4-2-3-10(14)7-11/h2-4,7,13-14H,5-6,8-9H2,1H3. The van der Waals surface area contributed by atoms with Crippen LogP contribution in [0.5, 0.6) is 5.75 Å². The topological polar surface area (TPSA) is 84.9 Å². The van der Waals surface area contributed by atoms with Crippen LogP contribution in [-0.2, 0) is 19.5 Å². The van der Waals surface area contributed by atoms with Gasteiger partial charge in [0.15, 0.2) is 0 Å². The number of rotatable bonds is 5. The average Bonchev–Trinajstić information content (AvgIpc) is 2.86. The van der Waals surface area contributed by atoms with Crippen LogP contribution in [0.2, 0.25) is 0 Å². The van der Waals surface area contributed by atoms with Crippen molar-refractivity contribution in [3.05, 3.63) is 24.3 Å². The minimum absolute atomic E-state index is 0.0256. The Hall–Kier alpha value is -1.15. The lowest BCUT2D eigenvalue weighted by molar-refractivity contribution is -0.0120. The van der Waals surface area contributed by atoms with E-state index in [1.807, 2.05) is 0 Å². The largest absolute Gasteiger partial charge is 0.508 e. The Morgan fingerprint density at radius 1 is 1.53 bits per heavy atom. The molecule has 0 radical (unpaired) electrons. The van der Waals surface area contributed by atoms with E-state index in [-0.39, 0.29) is 17.2 Å². The summed E-state index contributed by atoms with van der Waals surface area (Å²) in [6.45, 7) is 1.06. The van der Waals surface area contributed by atoms with Crippen molar-refractivity contribution in [1.29, 1.82) is 0 Å². The van der Waals surface area contributed by atoms with Crippen LogP contribution < -0.4 is 4.72 Å². The molecule has 2 N–H and O–H groups in total. The summed E-state index contributed by atoms with van der Waals surface area (Å²) in [4.78, 5) is 0.0256. The first kappa shape index (κ1) is 14.3. The third kappa shape index (κ3) is 3.24. The van der Waals surface area contributed by atoms with Gasteiger partial charge < -0.3 is 14.6 Å². The lowest BCUT2D eigenvalue weighted by atomic mass is 10.0. The SMILES string of the molecule is COC1(CNS(=O)(=O)c2cccc(O)c2)CCOC1. The highest BCUT2D eigenvalue weighted by Gasteiger charge is 2.36.